The van der Waals surface area contributed by atoms with E-state index in [9.17, 15) is 0 Å². The fourth-order valence-corrected chi connectivity index (χ4v) is 2.93. The molecule has 2 aliphatic heterocycles. The van der Waals surface area contributed by atoms with Crippen LogP contribution in [0.15, 0.2) is 0 Å². The predicted molar refractivity (Wildman–Crippen MR) is 55.9 cm³/mol. The predicted octanol–water partition coefficient (Wildman–Crippen LogP) is 1.61. The van der Waals surface area contributed by atoms with Gasteiger partial charge in [-0.1, -0.05) is 0 Å². The van der Waals surface area contributed by atoms with Gasteiger partial charge in [-0.3, -0.25) is 4.90 Å². The summed E-state index contributed by atoms with van der Waals surface area (Å²) in [6, 6.07) is 2.36. The lowest BCUT2D eigenvalue weighted by molar-refractivity contribution is 0.173. The van der Waals surface area contributed by atoms with Crippen LogP contribution in [0.25, 0.3) is 0 Å². The normalized spacial score (nSPS) is 36.2. The van der Waals surface area contributed by atoms with Crippen molar-refractivity contribution in [3.05, 3.63) is 0 Å². The highest BCUT2D eigenvalue weighted by Gasteiger charge is 2.33. The molecule has 2 nitrogen and oxygen atoms in total. The van der Waals surface area contributed by atoms with E-state index in [0.717, 1.165) is 18.1 Å². The van der Waals surface area contributed by atoms with Gasteiger partial charge in [0.2, 0.25) is 0 Å². The molecule has 2 atom stereocenters. The maximum Gasteiger partial charge on any atom is 0.0252 e. The molecule has 0 bridgehead atoms. The first kappa shape index (κ1) is 9.47. The summed E-state index contributed by atoms with van der Waals surface area (Å²) in [5.74, 6) is 0. The molecule has 76 valence electrons. The smallest absolute Gasteiger partial charge is 0.0252 e. The largest absolute Gasteiger partial charge is 0.312 e. The summed E-state index contributed by atoms with van der Waals surface area (Å²) in [5, 5.41) is 3.64. The molecule has 0 unspecified atom stereocenters. The Kier molecular flexibility index (Phi) is 2.89. The van der Waals surface area contributed by atoms with E-state index in [2.05, 4.69) is 24.1 Å². The molecule has 0 amide bonds. The molecule has 2 saturated heterocycles. The van der Waals surface area contributed by atoms with E-state index in [1.54, 1.807) is 0 Å². The van der Waals surface area contributed by atoms with Crippen LogP contribution in [0.3, 0.4) is 0 Å². The van der Waals surface area contributed by atoms with Crippen LogP contribution < -0.4 is 5.32 Å². The molecule has 0 spiro atoms. The zero-order chi connectivity index (χ0) is 9.26. The second kappa shape index (κ2) is 3.97. The van der Waals surface area contributed by atoms with Crippen LogP contribution in [0.4, 0.5) is 0 Å². The minimum atomic E-state index is 0.731. The summed E-state index contributed by atoms with van der Waals surface area (Å²) < 4.78 is 0. The molecule has 0 aliphatic carbocycles. The summed E-state index contributed by atoms with van der Waals surface area (Å²) in [6.07, 6.45) is 5.60. The van der Waals surface area contributed by atoms with Crippen LogP contribution in [0.1, 0.15) is 39.5 Å². The highest BCUT2D eigenvalue weighted by Crippen LogP contribution is 2.26. The van der Waals surface area contributed by atoms with E-state index in [-0.39, 0.29) is 0 Å². The quantitative estimate of drug-likeness (QED) is 0.698. The Bertz CT molecular complexity index is 161. The van der Waals surface area contributed by atoms with Crippen LogP contribution in [-0.2, 0) is 0 Å². The fourth-order valence-electron chi connectivity index (χ4n) is 2.93. The third-order valence-electron chi connectivity index (χ3n) is 3.57. The second-order valence-electron chi connectivity index (χ2n) is 4.74. The molecule has 0 aromatic carbocycles. The topological polar surface area (TPSA) is 15.3 Å². The average Bonchev–Trinajstić information content (AvgIpc) is 2.74. The number of nitrogens with one attached hydrogen (secondary N) is 1. The summed E-state index contributed by atoms with van der Waals surface area (Å²) >= 11 is 0. The highest BCUT2D eigenvalue weighted by molar-refractivity contribution is 4.92. The van der Waals surface area contributed by atoms with Gasteiger partial charge in [0.25, 0.3) is 0 Å². The van der Waals surface area contributed by atoms with E-state index in [1.165, 1.54) is 38.8 Å². The fraction of sp³-hybridized carbons (Fsp3) is 1.00. The van der Waals surface area contributed by atoms with Crippen molar-refractivity contribution in [3.63, 3.8) is 0 Å². The maximum atomic E-state index is 3.64. The molecule has 2 rings (SSSR count). The third kappa shape index (κ3) is 1.89. The monoisotopic (exact) mass is 182 g/mol. The zero-order valence-electron chi connectivity index (χ0n) is 8.92. The van der Waals surface area contributed by atoms with Gasteiger partial charge in [-0.05, 0) is 52.6 Å². The second-order valence-corrected chi connectivity index (χ2v) is 4.74. The van der Waals surface area contributed by atoms with Gasteiger partial charge in [-0.25, -0.2) is 0 Å². The van der Waals surface area contributed by atoms with E-state index < -0.39 is 0 Å². The first-order valence-electron chi connectivity index (χ1n) is 5.78. The molecule has 0 aromatic heterocycles. The van der Waals surface area contributed by atoms with Gasteiger partial charge in [0.1, 0.15) is 0 Å². The lowest BCUT2D eigenvalue weighted by atomic mass is 10.0. The van der Waals surface area contributed by atoms with Crippen LogP contribution in [0, 0.1) is 0 Å². The maximum absolute atomic E-state index is 3.64. The van der Waals surface area contributed by atoms with Crippen molar-refractivity contribution >= 4 is 0 Å². The van der Waals surface area contributed by atoms with E-state index in [1.807, 2.05) is 0 Å². The SMILES string of the molecule is CC(C)N1CCC[C@@H]1[C@H]1CCCN1. The molecule has 2 fully saturated rings. The van der Waals surface area contributed by atoms with Crippen molar-refractivity contribution in [1.29, 1.82) is 0 Å². The molecule has 2 aliphatic rings. The number of hydrogen-bond acceptors (Lipinski definition) is 2. The summed E-state index contributed by atoms with van der Waals surface area (Å²) in [7, 11) is 0. The Balaban J connectivity index is 1.96. The summed E-state index contributed by atoms with van der Waals surface area (Å²) in [4.78, 5) is 2.68. The molecule has 2 heteroatoms. The average molecular weight is 182 g/mol. The van der Waals surface area contributed by atoms with Crippen LogP contribution in [0.5, 0.6) is 0 Å². The van der Waals surface area contributed by atoms with Gasteiger partial charge in [0.05, 0.1) is 0 Å². The van der Waals surface area contributed by atoms with Gasteiger partial charge in [0, 0.05) is 18.1 Å². The Morgan fingerprint density at radius 1 is 1.23 bits per heavy atom. The number of nitrogens with zero attached hydrogens (tertiary/aromatic N) is 1. The molecule has 0 radical (unpaired) electrons. The Labute approximate surface area is 81.7 Å². The minimum Gasteiger partial charge on any atom is -0.312 e. The van der Waals surface area contributed by atoms with Crippen molar-refractivity contribution in [3.8, 4) is 0 Å². The van der Waals surface area contributed by atoms with E-state index in [0.29, 0.717) is 0 Å². The number of rotatable bonds is 2. The molecule has 2 heterocycles. The number of likely N-dealkylation sites (tertiary alicyclic amines) is 1. The Hall–Kier alpha value is -0.0800. The van der Waals surface area contributed by atoms with Gasteiger partial charge in [-0.15, -0.1) is 0 Å². The third-order valence-corrected chi connectivity index (χ3v) is 3.57. The van der Waals surface area contributed by atoms with E-state index >= 15 is 0 Å². The first-order valence-corrected chi connectivity index (χ1v) is 5.78. The molecule has 0 aromatic rings. The van der Waals surface area contributed by atoms with Crippen LogP contribution in [0.2, 0.25) is 0 Å². The zero-order valence-corrected chi connectivity index (χ0v) is 8.92. The van der Waals surface area contributed by atoms with Crippen molar-refractivity contribution in [2.75, 3.05) is 13.1 Å². The highest BCUT2D eigenvalue weighted by atomic mass is 15.2. The molecular weight excluding hydrogens is 160 g/mol. The van der Waals surface area contributed by atoms with Gasteiger partial charge >= 0.3 is 0 Å². The van der Waals surface area contributed by atoms with Crippen molar-refractivity contribution in [2.24, 2.45) is 0 Å². The van der Waals surface area contributed by atoms with Gasteiger partial charge in [0.15, 0.2) is 0 Å². The first-order chi connectivity index (χ1) is 6.29. The molecular formula is C11H22N2. The molecule has 1 N–H and O–H groups in total. The lowest BCUT2D eigenvalue weighted by Gasteiger charge is -2.32. The molecule has 13 heavy (non-hydrogen) atoms. The number of hydrogen-bond donors (Lipinski definition) is 1. The van der Waals surface area contributed by atoms with E-state index in [4.69, 9.17) is 0 Å². The van der Waals surface area contributed by atoms with Crippen molar-refractivity contribution in [1.82, 2.24) is 10.2 Å². The summed E-state index contributed by atoms with van der Waals surface area (Å²) in [6.45, 7) is 7.22. The van der Waals surface area contributed by atoms with Crippen LogP contribution >= 0.6 is 0 Å². The standard InChI is InChI=1S/C11H22N2/c1-9(2)13-8-4-6-11(13)10-5-3-7-12-10/h9-12H,3-8H2,1-2H3/t10-,11-/m1/s1. The Morgan fingerprint density at radius 3 is 2.69 bits per heavy atom. The van der Waals surface area contributed by atoms with Crippen molar-refractivity contribution < 1.29 is 0 Å². The van der Waals surface area contributed by atoms with Gasteiger partial charge < -0.3 is 5.32 Å². The Morgan fingerprint density at radius 2 is 2.08 bits per heavy atom. The summed E-state index contributed by atoms with van der Waals surface area (Å²) in [5.41, 5.74) is 0. The lowest BCUT2D eigenvalue weighted by Crippen LogP contribution is -2.46. The van der Waals surface area contributed by atoms with Gasteiger partial charge in [-0.2, -0.15) is 0 Å². The van der Waals surface area contributed by atoms with Crippen molar-refractivity contribution in [2.45, 2.75) is 57.7 Å². The molecule has 0 saturated carbocycles. The minimum absolute atomic E-state index is 0.731. The van der Waals surface area contributed by atoms with Crippen LogP contribution in [-0.4, -0.2) is 36.1 Å².